The Bertz CT molecular complexity index is 455. The standard InChI is InChI=1S/C13H19N3O3S/c14-13(3-7-19-8-4-13)12(18)16-6-5-15-11(17)10-2-1-9-20-10/h1-2,9H,3-8,14H2,(H,15,17)(H,16,18). The first-order chi connectivity index (χ1) is 9.62. The Morgan fingerprint density at radius 3 is 2.65 bits per heavy atom. The molecule has 2 rings (SSSR count). The van der Waals surface area contributed by atoms with Crippen molar-refractivity contribution in [3.63, 3.8) is 0 Å². The van der Waals surface area contributed by atoms with Gasteiger partial charge in [-0.05, 0) is 24.3 Å². The molecular formula is C13H19N3O3S. The predicted octanol–water partition coefficient (Wildman–Crippen LogP) is 0.102. The second-order valence-corrected chi connectivity index (χ2v) is 5.71. The molecule has 1 aliphatic heterocycles. The third kappa shape index (κ3) is 3.78. The highest BCUT2D eigenvalue weighted by Gasteiger charge is 2.35. The lowest BCUT2D eigenvalue weighted by Gasteiger charge is -2.31. The van der Waals surface area contributed by atoms with Crippen molar-refractivity contribution < 1.29 is 14.3 Å². The molecule has 6 nitrogen and oxygen atoms in total. The number of hydrogen-bond donors (Lipinski definition) is 3. The highest BCUT2D eigenvalue weighted by atomic mass is 32.1. The summed E-state index contributed by atoms with van der Waals surface area (Å²) in [4.78, 5) is 24.3. The van der Waals surface area contributed by atoms with Crippen LogP contribution in [0.15, 0.2) is 17.5 Å². The van der Waals surface area contributed by atoms with Crippen LogP contribution < -0.4 is 16.4 Å². The Labute approximate surface area is 121 Å². The first-order valence-corrected chi connectivity index (χ1v) is 7.46. The Morgan fingerprint density at radius 2 is 2.00 bits per heavy atom. The van der Waals surface area contributed by atoms with Crippen molar-refractivity contribution in [3.05, 3.63) is 22.4 Å². The van der Waals surface area contributed by atoms with E-state index in [1.165, 1.54) is 11.3 Å². The normalized spacial score (nSPS) is 17.4. The van der Waals surface area contributed by atoms with Crippen LogP contribution >= 0.6 is 11.3 Å². The van der Waals surface area contributed by atoms with E-state index in [1.807, 2.05) is 11.4 Å². The number of amides is 2. The van der Waals surface area contributed by atoms with Crippen LogP contribution in [0.25, 0.3) is 0 Å². The van der Waals surface area contributed by atoms with Crippen molar-refractivity contribution in [1.29, 1.82) is 0 Å². The van der Waals surface area contributed by atoms with Gasteiger partial charge in [0.15, 0.2) is 0 Å². The second-order valence-electron chi connectivity index (χ2n) is 4.76. The summed E-state index contributed by atoms with van der Waals surface area (Å²) < 4.78 is 5.20. The molecule has 0 unspecified atom stereocenters. The SMILES string of the molecule is NC1(C(=O)NCCNC(=O)c2cccs2)CCOCC1. The quantitative estimate of drug-likeness (QED) is 0.672. The lowest BCUT2D eigenvalue weighted by molar-refractivity contribution is -0.129. The summed E-state index contributed by atoms with van der Waals surface area (Å²) in [6.45, 7) is 1.78. The molecule has 1 saturated heterocycles. The summed E-state index contributed by atoms with van der Waals surface area (Å²) in [6.07, 6.45) is 1.06. The monoisotopic (exact) mass is 297 g/mol. The molecule has 1 fully saturated rings. The first kappa shape index (κ1) is 15.0. The molecule has 1 aromatic heterocycles. The van der Waals surface area contributed by atoms with Crippen molar-refractivity contribution in [3.8, 4) is 0 Å². The van der Waals surface area contributed by atoms with Crippen molar-refractivity contribution in [2.75, 3.05) is 26.3 Å². The van der Waals surface area contributed by atoms with Gasteiger partial charge in [0.05, 0.1) is 10.4 Å². The van der Waals surface area contributed by atoms with E-state index < -0.39 is 5.54 Å². The summed E-state index contributed by atoms with van der Waals surface area (Å²) in [5, 5.41) is 7.36. The molecule has 2 heterocycles. The second kappa shape index (κ2) is 6.83. The van der Waals surface area contributed by atoms with Crippen LogP contribution in [0.3, 0.4) is 0 Å². The number of carbonyl (C=O) groups excluding carboxylic acids is 2. The zero-order chi connectivity index (χ0) is 14.4. The topological polar surface area (TPSA) is 93.5 Å². The molecule has 7 heteroatoms. The van der Waals surface area contributed by atoms with Crippen LogP contribution in [0.4, 0.5) is 0 Å². The van der Waals surface area contributed by atoms with E-state index in [2.05, 4.69) is 10.6 Å². The molecular weight excluding hydrogens is 278 g/mol. The maximum absolute atomic E-state index is 12.0. The van der Waals surface area contributed by atoms with Gasteiger partial charge in [-0.2, -0.15) is 0 Å². The number of rotatable bonds is 5. The fraction of sp³-hybridized carbons (Fsp3) is 0.538. The molecule has 4 N–H and O–H groups in total. The van der Waals surface area contributed by atoms with E-state index in [4.69, 9.17) is 10.5 Å². The third-order valence-corrected chi connectivity index (χ3v) is 4.15. The van der Waals surface area contributed by atoms with E-state index >= 15 is 0 Å². The molecule has 0 radical (unpaired) electrons. The predicted molar refractivity (Wildman–Crippen MR) is 76.6 cm³/mol. The molecule has 0 spiro atoms. The molecule has 0 atom stereocenters. The zero-order valence-corrected chi connectivity index (χ0v) is 12.0. The number of nitrogens with one attached hydrogen (secondary N) is 2. The van der Waals surface area contributed by atoms with Gasteiger partial charge in [-0.3, -0.25) is 9.59 Å². The van der Waals surface area contributed by atoms with Crippen LogP contribution in [0, 0.1) is 0 Å². The minimum atomic E-state index is -0.837. The van der Waals surface area contributed by atoms with Gasteiger partial charge in [0.25, 0.3) is 5.91 Å². The van der Waals surface area contributed by atoms with Crippen molar-refractivity contribution in [2.45, 2.75) is 18.4 Å². The molecule has 1 aromatic rings. The Kier molecular flexibility index (Phi) is 5.11. The molecule has 2 amide bonds. The summed E-state index contributed by atoms with van der Waals surface area (Å²) in [5.74, 6) is -0.297. The number of ether oxygens (including phenoxy) is 1. The highest BCUT2D eigenvalue weighted by Crippen LogP contribution is 2.17. The highest BCUT2D eigenvalue weighted by molar-refractivity contribution is 7.12. The number of carbonyl (C=O) groups is 2. The van der Waals surface area contributed by atoms with Gasteiger partial charge in [0.2, 0.25) is 5.91 Å². The third-order valence-electron chi connectivity index (χ3n) is 3.28. The van der Waals surface area contributed by atoms with Gasteiger partial charge in [-0.25, -0.2) is 0 Å². The lowest BCUT2D eigenvalue weighted by Crippen LogP contribution is -2.57. The number of nitrogens with two attached hydrogens (primary N) is 1. The van der Waals surface area contributed by atoms with Crippen molar-refractivity contribution in [1.82, 2.24) is 10.6 Å². The summed E-state index contributed by atoms with van der Waals surface area (Å²) in [5.41, 5.74) is 5.21. The Hall–Kier alpha value is -1.44. The molecule has 20 heavy (non-hydrogen) atoms. The van der Waals surface area contributed by atoms with Gasteiger partial charge >= 0.3 is 0 Å². The molecule has 0 bridgehead atoms. The maximum Gasteiger partial charge on any atom is 0.261 e. The number of hydrogen-bond acceptors (Lipinski definition) is 5. The van der Waals surface area contributed by atoms with E-state index in [9.17, 15) is 9.59 Å². The van der Waals surface area contributed by atoms with Crippen LogP contribution in [-0.4, -0.2) is 43.7 Å². The van der Waals surface area contributed by atoms with Gasteiger partial charge in [-0.15, -0.1) is 11.3 Å². The summed E-state index contributed by atoms with van der Waals surface area (Å²) >= 11 is 1.38. The molecule has 0 saturated carbocycles. The molecule has 1 aliphatic rings. The average molecular weight is 297 g/mol. The van der Waals surface area contributed by atoms with Gasteiger partial charge in [0.1, 0.15) is 0 Å². The maximum atomic E-state index is 12.0. The van der Waals surface area contributed by atoms with Crippen LogP contribution in [0.2, 0.25) is 0 Å². The fourth-order valence-electron chi connectivity index (χ4n) is 1.99. The van der Waals surface area contributed by atoms with Gasteiger partial charge in [-0.1, -0.05) is 6.07 Å². The Morgan fingerprint density at radius 1 is 1.30 bits per heavy atom. The largest absolute Gasteiger partial charge is 0.381 e. The number of thiophene rings is 1. The van der Waals surface area contributed by atoms with Gasteiger partial charge in [0, 0.05) is 26.3 Å². The van der Waals surface area contributed by atoms with Crippen LogP contribution in [0.1, 0.15) is 22.5 Å². The van der Waals surface area contributed by atoms with Crippen LogP contribution in [0.5, 0.6) is 0 Å². The Balaban J connectivity index is 1.68. The van der Waals surface area contributed by atoms with E-state index in [-0.39, 0.29) is 11.8 Å². The minimum Gasteiger partial charge on any atom is -0.381 e. The summed E-state index contributed by atoms with van der Waals surface area (Å²) in [7, 11) is 0. The van der Waals surface area contributed by atoms with Crippen molar-refractivity contribution >= 4 is 23.2 Å². The fourth-order valence-corrected chi connectivity index (χ4v) is 2.63. The summed E-state index contributed by atoms with van der Waals surface area (Å²) in [6, 6.07) is 3.58. The molecule has 110 valence electrons. The lowest BCUT2D eigenvalue weighted by atomic mass is 9.90. The van der Waals surface area contributed by atoms with Crippen molar-refractivity contribution in [2.24, 2.45) is 5.73 Å². The van der Waals surface area contributed by atoms with E-state index in [0.29, 0.717) is 44.0 Å². The van der Waals surface area contributed by atoms with E-state index in [1.54, 1.807) is 6.07 Å². The first-order valence-electron chi connectivity index (χ1n) is 6.58. The smallest absolute Gasteiger partial charge is 0.261 e. The molecule has 0 aliphatic carbocycles. The average Bonchev–Trinajstić information content (AvgIpc) is 2.98. The van der Waals surface area contributed by atoms with E-state index in [0.717, 1.165) is 0 Å². The van der Waals surface area contributed by atoms with Gasteiger partial charge < -0.3 is 21.1 Å². The zero-order valence-electron chi connectivity index (χ0n) is 11.2. The minimum absolute atomic E-state index is 0.122. The van der Waals surface area contributed by atoms with Crippen LogP contribution in [-0.2, 0) is 9.53 Å². The molecule has 0 aromatic carbocycles.